The van der Waals surface area contributed by atoms with Gasteiger partial charge in [-0.2, -0.15) is 0 Å². The van der Waals surface area contributed by atoms with Gasteiger partial charge < -0.3 is 20.3 Å². The first-order chi connectivity index (χ1) is 7.77. The molecule has 0 spiro atoms. The minimum Gasteiger partial charge on any atom is -0.507 e. The zero-order valence-corrected chi connectivity index (χ0v) is 9.15. The molecule has 4 nitrogen and oxygen atoms in total. The van der Waals surface area contributed by atoms with Crippen LogP contribution in [-0.2, 0) is 11.3 Å². The highest BCUT2D eigenvalue weighted by atomic mass is 16.5. The van der Waals surface area contributed by atoms with E-state index in [-0.39, 0.29) is 17.6 Å². The van der Waals surface area contributed by atoms with Gasteiger partial charge in [-0.3, -0.25) is 0 Å². The van der Waals surface area contributed by atoms with Crippen molar-refractivity contribution in [2.45, 2.75) is 25.5 Å². The van der Waals surface area contributed by atoms with E-state index in [1.165, 1.54) is 0 Å². The van der Waals surface area contributed by atoms with Crippen molar-refractivity contribution in [2.24, 2.45) is 0 Å². The lowest BCUT2D eigenvalue weighted by Crippen LogP contribution is -2.25. The molecule has 1 unspecified atom stereocenters. The van der Waals surface area contributed by atoms with E-state index in [2.05, 4.69) is 5.32 Å². The molecule has 1 aromatic rings. The summed E-state index contributed by atoms with van der Waals surface area (Å²) in [5, 5.41) is 22.3. The average Bonchev–Trinajstić information content (AvgIpc) is 2.75. The molecule has 1 saturated heterocycles. The summed E-state index contributed by atoms with van der Waals surface area (Å²) in [5.41, 5.74) is 0.542. The van der Waals surface area contributed by atoms with Gasteiger partial charge in [0.25, 0.3) is 0 Å². The Hall–Kier alpha value is -1.26. The summed E-state index contributed by atoms with van der Waals surface area (Å²) in [4.78, 5) is 0. The van der Waals surface area contributed by atoms with Gasteiger partial charge in [0.05, 0.1) is 6.10 Å². The Balaban J connectivity index is 1.84. The van der Waals surface area contributed by atoms with Gasteiger partial charge in [0.1, 0.15) is 11.5 Å². The molecule has 0 radical (unpaired) electrons. The van der Waals surface area contributed by atoms with E-state index in [1.54, 1.807) is 18.2 Å². The van der Waals surface area contributed by atoms with Crippen molar-refractivity contribution in [3.63, 3.8) is 0 Å². The van der Waals surface area contributed by atoms with Crippen LogP contribution in [0.5, 0.6) is 11.5 Å². The molecule has 1 aliphatic rings. The lowest BCUT2D eigenvalue weighted by Gasteiger charge is -2.12. The fourth-order valence-corrected chi connectivity index (χ4v) is 1.91. The lowest BCUT2D eigenvalue weighted by atomic mass is 10.1. The molecule has 88 valence electrons. The number of hydrogen-bond donors (Lipinski definition) is 3. The van der Waals surface area contributed by atoms with Gasteiger partial charge in [-0.1, -0.05) is 6.07 Å². The van der Waals surface area contributed by atoms with Crippen molar-refractivity contribution in [1.82, 2.24) is 5.32 Å². The van der Waals surface area contributed by atoms with Gasteiger partial charge in [-0.15, -0.1) is 0 Å². The third-order valence-corrected chi connectivity index (χ3v) is 2.82. The SMILES string of the molecule is Oc1cccc(O)c1CNCC1CCCO1. The summed E-state index contributed by atoms with van der Waals surface area (Å²) < 4.78 is 5.46. The standard InChI is InChI=1S/C12H17NO3/c14-11-4-1-5-12(15)10(11)8-13-7-9-3-2-6-16-9/h1,4-5,9,13-15H,2-3,6-8H2. The highest BCUT2D eigenvalue weighted by Crippen LogP contribution is 2.25. The van der Waals surface area contributed by atoms with E-state index in [0.717, 1.165) is 26.0 Å². The fraction of sp³-hybridized carbons (Fsp3) is 0.500. The van der Waals surface area contributed by atoms with E-state index < -0.39 is 0 Å². The normalized spacial score (nSPS) is 20.1. The molecule has 1 heterocycles. The second kappa shape index (κ2) is 5.18. The Labute approximate surface area is 94.9 Å². The molecule has 4 heteroatoms. The van der Waals surface area contributed by atoms with Crippen LogP contribution in [0.3, 0.4) is 0 Å². The summed E-state index contributed by atoms with van der Waals surface area (Å²) in [6.45, 7) is 2.06. The summed E-state index contributed by atoms with van der Waals surface area (Å²) >= 11 is 0. The first-order valence-electron chi connectivity index (χ1n) is 5.59. The van der Waals surface area contributed by atoms with Gasteiger partial charge in [-0.25, -0.2) is 0 Å². The van der Waals surface area contributed by atoms with Crippen LogP contribution in [0.15, 0.2) is 18.2 Å². The topological polar surface area (TPSA) is 61.7 Å². The number of aromatic hydroxyl groups is 2. The molecule has 2 rings (SSSR count). The minimum absolute atomic E-state index is 0.125. The van der Waals surface area contributed by atoms with Gasteiger partial charge in [0, 0.05) is 25.3 Å². The predicted molar refractivity (Wildman–Crippen MR) is 60.5 cm³/mol. The Kier molecular flexibility index (Phi) is 3.64. The smallest absolute Gasteiger partial charge is 0.123 e. The number of phenols is 2. The molecule has 0 aromatic heterocycles. The van der Waals surface area contributed by atoms with Crippen LogP contribution in [-0.4, -0.2) is 29.5 Å². The Bertz CT molecular complexity index is 328. The molecule has 1 aromatic carbocycles. The van der Waals surface area contributed by atoms with Crippen molar-refractivity contribution in [2.75, 3.05) is 13.2 Å². The molecule has 1 aliphatic heterocycles. The summed E-state index contributed by atoms with van der Waals surface area (Å²) in [6.07, 6.45) is 2.47. The molecule has 16 heavy (non-hydrogen) atoms. The van der Waals surface area contributed by atoms with Crippen LogP contribution in [0.25, 0.3) is 0 Å². The maximum Gasteiger partial charge on any atom is 0.123 e. The number of benzene rings is 1. The molecule has 0 amide bonds. The van der Waals surface area contributed by atoms with Crippen LogP contribution >= 0.6 is 0 Å². The van der Waals surface area contributed by atoms with Gasteiger partial charge in [0.2, 0.25) is 0 Å². The third kappa shape index (κ3) is 2.65. The first kappa shape index (κ1) is 11.2. The first-order valence-corrected chi connectivity index (χ1v) is 5.59. The summed E-state index contributed by atoms with van der Waals surface area (Å²) in [5.74, 6) is 0.250. The van der Waals surface area contributed by atoms with Gasteiger partial charge >= 0.3 is 0 Å². The molecule has 0 aliphatic carbocycles. The maximum atomic E-state index is 9.55. The molecule has 1 atom stereocenters. The number of ether oxygens (including phenoxy) is 1. The molecular weight excluding hydrogens is 206 g/mol. The molecule has 0 bridgehead atoms. The molecule has 3 N–H and O–H groups in total. The number of rotatable bonds is 4. The van der Waals surface area contributed by atoms with E-state index in [4.69, 9.17) is 4.74 Å². The van der Waals surface area contributed by atoms with Crippen LogP contribution in [0.2, 0.25) is 0 Å². The molecule has 1 fully saturated rings. The Morgan fingerprint density at radius 2 is 2.06 bits per heavy atom. The lowest BCUT2D eigenvalue weighted by molar-refractivity contribution is 0.110. The van der Waals surface area contributed by atoms with E-state index >= 15 is 0 Å². The van der Waals surface area contributed by atoms with E-state index in [0.29, 0.717) is 12.1 Å². The zero-order chi connectivity index (χ0) is 11.4. The quantitative estimate of drug-likeness (QED) is 0.721. The summed E-state index contributed by atoms with van der Waals surface area (Å²) in [7, 11) is 0. The van der Waals surface area contributed by atoms with Crippen molar-refractivity contribution in [3.05, 3.63) is 23.8 Å². The van der Waals surface area contributed by atoms with Crippen molar-refractivity contribution in [1.29, 1.82) is 0 Å². The van der Waals surface area contributed by atoms with Gasteiger partial charge in [0.15, 0.2) is 0 Å². The number of nitrogens with one attached hydrogen (secondary N) is 1. The average molecular weight is 223 g/mol. The van der Waals surface area contributed by atoms with Crippen molar-refractivity contribution >= 4 is 0 Å². The monoisotopic (exact) mass is 223 g/mol. The molecule has 0 saturated carbocycles. The van der Waals surface area contributed by atoms with Crippen molar-refractivity contribution in [3.8, 4) is 11.5 Å². The molecular formula is C12H17NO3. The fourth-order valence-electron chi connectivity index (χ4n) is 1.91. The van der Waals surface area contributed by atoms with Crippen LogP contribution in [0.4, 0.5) is 0 Å². The highest BCUT2D eigenvalue weighted by molar-refractivity contribution is 5.42. The zero-order valence-electron chi connectivity index (χ0n) is 9.15. The highest BCUT2D eigenvalue weighted by Gasteiger charge is 2.15. The Morgan fingerprint density at radius 3 is 2.69 bits per heavy atom. The van der Waals surface area contributed by atoms with E-state index in [9.17, 15) is 10.2 Å². The van der Waals surface area contributed by atoms with Crippen LogP contribution < -0.4 is 5.32 Å². The largest absolute Gasteiger partial charge is 0.507 e. The second-order valence-corrected chi connectivity index (χ2v) is 4.04. The Morgan fingerprint density at radius 1 is 1.31 bits per heavy atom. The maximum absolute atomic E-state index is 9.55. The minimum atomic E-state index is 0.125. The number of hydrogen-bond acceptors (Lipinski definition) is 4. The summed E-state index contributed by atoms with van der Waals surface area (Å²) in [6, 6.07) is 4.76. The van der Waals surface area contributed by atoms with Crippen LogP contribution in [0.1, 0.15) is 18.4 Å². The number of phenolic OH excluding ortho intramolecular Hbond substituents is 2. The van der Waals surface area contributed by atoms with Crippen LogP contribution in [0, 0.1) is 0 Å². The predicted octanol–water partition coefficient (Wildman–Crippen LogP) is 1.37. The second-order valence-electron chi connectivity index (χ2n) is 4.04. The van der Waals surface area contributed by atoms with Crippen molar-refractivity contribution < 1.29 is 14.9 Å². The van der Waals surface area contributed by atoms with Gasteiger partial charge in [-0.05, 0) is 25.0 Å². The third-order valence-electron chi connectivity index (χ3n) is 2.82. The van der Waals surface area contributed by atoms with E-state index in [1.807, 2.05) is 0 Å².